The summed E-state index contributed by atoms with van der Waals surface area (Å²) in [7, 11) is 0. The molecule has 0 N–H and O–H groups in total. The minimum absolute atomic E-state index is 0.739. The molecule has 0 amide bonds. The fourth-order valence-corrected chi connectivity index (χ4v) is 5.45. The first kappa shape index (κ1) is 22.1. The zero-order chi connectivity index (χ0) is 25.3. The molecule has 2 heteroatoms. The van der Waals surface area contributed by atoms with Crippen molar-refractivity contribution in [2.75, 3.05) is 0 Å². The number of rotatable bonds is 4. The minimum Gasteiger partial charge on any atom is -0.237 e. The van der Waals surface area contributed by atoms with Crippen LogP contribution in [0.4, 0.5) is 0 Å². The van der Waals surface area contributed by atoms with E-state index in [2.05, 4.69) is 137 Å². The number of aromatic nitrogens is 2. The summed E-state index contributed by atoms with van der Waals surface area (Å²) >= 11 is 0. The van der Waals surface area contributed by atoms with Crippen LogP contribution in [0.3, 0.4) is 0 Å². The third-order valence-corrected chi connectivity index (χ3v) is 7.19. The Labute approximate surface area is 221 Å². The molecule has 0 aliphatic heterocycles. The molecule has 1 heterocycles. The van der Waals surface area contributed by atoms with Gasteiger partial charge in [0.25, 0.3) is 0 Å². The van der Waals surface area contributed by atoms with Gasteiger partial charge in [0, 0.05) is 18.0 Å². The van der Waals surface area contributed by atoms with Crippen LogP contribution in [0.5, 0.6) is 0 Å². The average Bonchev–Trinajstić information content (AvgIpc) is 3.01. The number of nitrogens with zero attached hydrogens (tertiary/aromatic N) is 2. The van der Waals surface area contributed by atoms with E-state index in [-0.39, 0.29) is 0 Å². The molecule has 38 heavy (non-hydrogen) atoms. The number of fused-ring (bicyclic) bond motifs is 2. The molecule has 7 aromatic rings. The van der Waals surface area contributed by atoms with Gasteiger partial charge in [0.1, 0.15) is 0 Å². The zero-order valence-electron chi connectivity index (χ0n) is 20.8. The topological polar surface area (TPSA) is 25.8 Å². The summed E-state index contributed by atoms with van der Waals surface area (Å²) in [5.74, 6) is 0.739. The van der Waals surface area contributed by atoms with Crippen molar-refractivity contribution < 1.29 is 0 Å². The number of hydrogen-bond donors (Lipinski definition) is 0. The van der Waals surface area contributed by atoms with E-state index in [1.54, 1.807) is 12.4 Å². The molecule has 0 saturated carbocycles. The molecule has 2 nitrogen and oxygen atoms in total. The Hall–Kier alpha value is -5.08. The van der Waals surface area contributed by atoms with Crippen LogP contribution in [0.25, 0.3) is 66.3 Å². The first-order valence-electron chi connectivity index (χ1n) is 12.8. The maximum atomic E-state index is 4.39. The van der Waals surface area contributed by atoms with Crippen molar-refractivity contribution in [3.8, 4) is 44.8 Å². The second-order valence-corrected chi connectivity index (χ2v) is 9.44. The molecule has 0 spiro atoms. The Bertz CT molecular complexity index is 1880. The minimum atomic E-state index is 0.739. The van der Waals surface area contributed by atoms with Crippen LogP contribution >= 0.6 is 0 Å². The number of benzene rings is 6. The highest BCUT2D eigenvalue weighted by Crippen LogP contribution is 2.44. The fraction of sp³-hybridized carbons (Fsp3) is 0. The summed E-state index contributed by atoms with van der Waals surface area (Å²) in [6.45, 7) is 0. The highest BCUT2D eigenvalue weighted by molar-refractivity contribution is 6.21. The van der Waals surface area contributed by atoms with E-state index in [9.17, 15) is 0 Å². The van der Waals surface area contributed by atoms with Crippen LogP contribution < -0.4 is 0 Å². The van der Waals surface area contributed by atoms with Crippen LogP contribution in [-0.4, -0.2) is 9.97 Å². The smallest absolute Gasteiger partial charge is 0.159 e. The Morgan fingerprint density at radius 2 is 0.789 bits per heavy atom. The second-order valence-electron chi connectivity index (χ2n) is 9.44. The first-order chi connectivity index (χ1) is 18.9. The van der Waals surface area contributed by atoms with Crippen LogP contribution in [0.1, 0.15) is 0 Å². The van der Waals surface area contributed by atoms with Crippen LogP contribution in [0, 0.1) is 0 Å². The van der Waals surface area contributed by atoms with Crippen LogP contribution in [0.15, 0.2) is 146 Å². The summed E-state index contributed by atoms with van der Waals surface area (Å²) in [5.41, 5.74) is 8.36. The third kappa shape index (κ3) is 3.84. The zero-order valence-corrected chi connectivity index (χ0v) is 20.8. The summed E-state index contributed by atoms with van der Waals surface area (Å²) in [5, 5.41) is 5.04. The van der Waals surface area contributed by atoms with E-state index < -0.39 is 0 Å². The van der Waals surface area contributed by atoms with E-state index in [0.717, 1.165) is 11.4 Å². The molecule has 178 valence electrons. The summed E-state index contributed by atoms with van der Waals surface area (Å²) in [4.78, 5) is 8.79. The fourth-order valence-electron chi connectivity index (χ4n) is 5.45. The van der Waals surface area contributed by atoms with E-state index in [1.165, 1.54) is 54.9 Å². The first-order valence-corrected chi connectivity index (χ1v) is 12.8. The molecule has 0 unspecified atom stereocenters. The monoisotopic (exact) mass is 484 g/mol. The lowest BCUT2D eigenvalue weighted by atomic mass is 9.85. The van der Waals surface area contributed by atoms with Gasteiger partial charge in [-0.2, -0.15) is 0 Å². The van der Waals surface area contributed by atoms with Crippen molar-refractivity contribution in [1.82, 2.24) is 9.97 Å². The van der Waals surface area contributed by atoms with Crippen LogP contribution in [0.2, 0.25) is 0 Å². The predicted molar refractivity (Wildman–Crippen MR) is 159 cm³/mol. The van der Waals surface area contributed by atoms with Gasteiger partial charge in [0.15, 0.2) is 5.82 Å². The van der Waals surface area contributed by atoms with Crippen molar-refractivity contribution in [2.24, 2.45) is 0 Å². The van der Waals surface area contributed by atoms with Gasteiger partial charge >= 0.3 is 0 Å². The molecule has 0 radical (unpaired) electrons. The van der Waals surface area contributed by atoms with Gasteiger partial charge in [-0.1, -0.05) is 121 Å². The van der Waals surface area contributed by atoms with Gasteiger partial charge in [-0.3, -0.25) is 0 Å². The molecule has 7 rings (SSSR count). The van der Waals surface area contributed by atoms with E-state index in [0.29, 0.717) is 0 Å². The van der Waals surface area contributed by atoms with Gasteiger partial charge < -0.3 is 0 Å². The van der Waals surface area contributed by atoms with E-state index in [1.807, 2.05) is 6.07 Å². The van der Waals surface area contributed by atoms with Gasteiger partial charge in [-0.15, -0.1) is 0 Å². The molecular formula is C36H24N2. The van der Waals surface area contributed by atoms with Gasteiger partial charge in [0.05, 0.1) is 0 Å². The van der Waals surface area contributed by atoms with E-state index in [4.69, 9.17) is 0 Å². The highest BCUT2D eigenvalue weighted by Gasteiger charge is 2.17. The molecule has 1 aromatic heterocycles. The lowest BCUT2D eigenvalue weighted by Gasteiger charge is -2.18. The normalized spacial score (nSPS) is 11.2. The Balaban J connectivity index is 1.50. The lowest BCUT2D eigenvalue weighted by Crippen LogP contribution is -1.91. The summed E-state index contributed by atoms with van der Waals surface area (Å²) in [6, 6.07) is 47.5. The third-order valence-electron chi connectivity index (χ3n) is 7.19. The van der Waals surface area contributed by atoms with Crippen molar-refractivity contribution in [3.63, 3.8) is 0 Å². The molecule has 0 bridgehead atoms. The number of hydrogen-bond acceptors (Lipinski definition) is 2. The largest absolute Gasteiger partial charge is 0.237 e. The van der Waals surface area contributed by atoms with Crippen molar-refractivity contribution >= 4 is 21.5 Å². The maximum Gasteiger partial charge on any atom is 0.159 e. The molecule has 0 aliphatic carbocycles. The SMILES string of the molecule is c1ccc(-c2c3ccccc3c(-c3ccccc3)c3cc(-c4ccc(-c5ncccn5)cc4)ccc23)cc1. The Kier molecular flexibility index (Phi) is 5.49. The molecular weight excluding hydrogens is 460 g/mol. The molecule has 0 saturated heterocycles. The lowest BCUT2D eigenvalue weighted by molar-refractivity contribution is 1.18. The second kappa shape index (κ2) is 9.42. The van der Waals surface area contributed by atoms with Gasteiger partial charge in [0.2, 0.25) is 0 Å². The predicted octanol–water partition coefficient (Wildman–Crippen LogP) is 9.45. The Morgan fingerprint density at radius 1 is 0.316 bits per heavy atom. The molecule has 0 atom stereocenters. The van der Waals surface area contributed by atoms with Crippen molar-refractivity contribution in [2.45, 2.75) is 0 Å². The van der Waals surface area contributed by atoms with Crippen molar-refractivity contribution in [1.29, 1.82) is 0 Å². The quantitative estimate of drug-likeness (QED) is 0.233. The highest BCUT2D eigenvalue weighted by atomic mass is 14.8. The Morgan fingerprint density at radius 3 is 1.39 bits per heavy atom. The van der Waals surface area contributed by atoms with E-state index >= 15 is 0 Å². The van der Waals surface area contributed by atoms with Gasteiger partial charge in [-0.05, 0) is 67.1 Å². The molecule has 6 aromatic carbocycles. The summed E-state index contributed by atoms with van der Waals surface area (Å²) < 4.78 is 0. The standard InChI is InChI=1S/C36H24N2/c1-3-10-26(11-4-1)34-30-14-7-8-15-31(30)35(27-12-5-2-6-13-27)33-24-29(20-21-32(33)34)25-16-18-28(19-17-25)36-37-22-9-23-38-36/h1-24H. The maximum absolute atomic E-state index is 4.39. The van der Waals surface area contributed by atoms with Crippen LogP contribution in [-0.2, 0) is 0 Å². The van der Waals surface area contributed by atoms with Gasteiger partial charge in [-0.25, -0.2) is 9.97 Å². The van der Waals surface area contributed by atoms with Crippen molar-refractivity contribution in [3.05, 3.63) is 146 Å². The average molecular weight is 485 g/mol. The summed E-state index contributed by atoms with van der Waals surface area (Å²) in [6.07, 6.45) is 3.55. The molecule has 0 fully saturated rings. The molecule has 0 aliphatic rings.